The summed E-state index contributed by atoms with van der Waals surface area (Å²) in [4.78, 5) is 4.95. The fraction of sp³-hybridized carbons (Fsp3) is 0.368. The summed E-state index contributed by atoms with van der Waals surface area (Å²) >= 11 is 0. The van der Waals surface area contributed by atoms with Crippen molar-refractivity contribution >= 4 is 5.69 Å². The van der Waals surface area contributed by atoms with Gasteiger partial charge in [-0.05, 0) is 28.8 Å². The highest BCUT2D eigenvalue weighted by Gasteiger charge is 2.20. The number of hydrogen-bond acceptors (Lipinski definition) is 3. The fourth-order valence-electron chi connectivity index (χ4n) is 3.42. The standard InChI is InChI=1S/C19H22N2O/c1-2-4-16(5-3-1)13-20-14-17-6-7-19(12-18(17)15-20)21-8-10-22-11-9-21/h1-7,12H,8-11,13-15H2. The number of fused-ring (bicyclic) bond motifs is 1. The second-order valence-corrected chi connectivity index (χ2v) is 6.18. The topological polar surface area (TPSA) is 15.7 Å². The maximum atomic E-state index is 5.45. The highest BCUT2D eigenvalue weighted by atomic mass is 16.5. The smallest absolute Gasteiger partial charge is 0.0642 e. The molecule has 2 aromatic carbocycles. The zero-order valence-corrected chi connectivity index (χ0v) is 12.9. The summed E-state index contributed by atoms with van der Waals surface area (Å²) in [5.74, 6) is 0. The number of benzene rings is 2. The molecule has 0 bridgehead atoms. The van der Waals surface area contributed by atoms with E-state index >= 15 is 0 Å². The number of ether oxygens (including phenoxy) is 1. The highest BCUT2D eigenvalue weighted by Crippen LogP contribution is 2.28. The van der Waals surface area contributed by atoms with Gasteiger partial charge in [0.15, 0.2) is 0 Å². The van der Waals surface area contributed by atoms with Gasteiger partial charge in [0.2, 0.25) is 0 Å². The lowest BCUT2D eigenvalue weighted by Crippen LogP contribution is -2.36. The van der Waals surface area contributed by atoms with Crippen molar-refractivity contribution in [2.45, 2.75) is 19.6 Å². The molecule has 2 aliphatic rings. The molecule has 114 valence electrons. The molecule has 0 saturated carbocycles. The van der Waals surface area contributed by atoms with E-state index in [-0.39, 0.29) is 0 Å². The molecule has 2 aromatic rings. The minimum Gasteiger partial charge on any atom is -0.378 e. The molecule has 0 unspecified atom stereocenters. The third kappa shape index (κ3) is 2.87. The predicted octanol–water partition coefficient (Wildman–Crippen LogP) is 3.04. The number of nitrogens with zero attached hydrogens (tertiary/aromatic N) is 2. The lowest BCUT2D eigenvalue weighted by atomic mass is 10.1. The molecule has 0 aromatic heterocycles. The van der Waals surface area contributed by atoms with Crippen LogP contribution in [0.15, 0.2) is 48.5 Å². The van der Waals surface area contributed by atoms with Gasteiger partial charge in [-0.25, -0.2) is 0 Å². The molecule has 1 fully saturated rings. The number of morpholine rings is 1. The fourth-order valence-corrected chi connectivity index (χ4v) is 3.42. The van der Waals surface area contributed by atoms with E-state index in [2.05, 4.69) is 58.3 Å². The Morgan fingerprint density at radius 2 is 1.64 bits per heavy atom. The van der Waals surface area contributed by atoms with Crippen LogP contribution in [0.1, 0.15) is 16.7 Å². The summed E-state index contributed by atoms with van der Waals surface area (Å²) in [7, 11) is 0. The van der Waals surface area contributed by atoms with Gasteiger partial charge in [-0.2, -0.15) is 0 Å². The molecule has 0 spiro atoms. The molecular formula is C19H22N2O. The van der Waals surface area contributed by atoms with Crippen LogP contribution in [0.4, 0.5) is 5.69 Å². The highest BCUT2D eigenvalue weighted by molar-refractivity contribution is 5.52. The van der Waals surface area contributed by atoms with Crippen molar-refractivity contribution in [3.63, 3.8) is 0 Å². The molecule has 0 amide bonds. The maximum Gasteiger partial charge on any atom is 0.0642 e. The first kappa shape index (κ1) is 13.8. The number of anilines is 1. The second kappa shape index (κ2) is 6.11. The largest absolute Gasteiger partial charge is 0.378 e. The molecule has 0 radical (unpaired) electrons. The van der Waals surface area contributed by atoms with Gasteiger partial charge in [0.25, 0.3) is 0 Å². The monoisotopic (exact) mass is 294 g/mol. The van der Waals surface area contributed by atoms with Crippen LogP contribution in [0, 0.1) is 0 Å². The van der Waals surface area contributed by atoms with Crippen molar-refractivity contribution < 1.29 is 4.74 Å². The van der Waals surface area contributed by atoms with E-state index in [0.717, 1.165) is 45.9 Å². The van der Waals surface area contributed by atoms with E-state index in [9.17, 15) is 0 Å². The molecule has 3 heteroatoms. The molecular weight excluding hydrogens is 272 g/mol. The molecule has 3 nitrogen and oxygen atoms in total. The molecule has 0 aliphatic carbocycles. The third-order valence-corrected chi connectivity index (χ3v) is 4.60. The van der Waals surface area contributed by atoms with E-state index < -0.39 is 0 Å². The van der Waals surface area contributed by atoms with Crippen molar-refractivity contribution in [3.8, 4) is 0 Å². The predicted molar refractivity (Wildman–Crippen MR) is 88.9 cm³/mol. The molecule has 0 atom stereocenters. The maximum absolute atomic E-state index is 5.45. The summed E-state index contributed by atoms with van der Waals surface area (Å²) < 4.78 is 5.45. The van der Waals surface area contributed by atoms with E-state index in [1.165, 1.54) is 22.4 Å². The zero-order chi connectivity index (χ0) is 14.8. The van der Waals surface area contributed by atoms with Gasteiger partial charge in [-0.15, -0.1) is 0 Å². The Morgan fingerprint density at radius 1 is 0.864 bits per heavy atom. The van der Waals surface area contributed by atoms with Crippen LogP contribution in [-0.2, 0) is 24.4 Å². The summed E-state index contributed by atoms with van der Waals surface area (Å²) in [6.45, 7) is 6.85. The van der Waals surface area contributed by atoms with Crippen molar-refractivity contribution in [1.29, 1.82) is 0 Å². The SMILES string of the molecule is c1ccc(CN2Cc3ccc(N4CCOCC4)cc3C2)cc1. The van der Waals surface area contributed by atoms with Crippen LogP contribution in [0.25, 0.3) is 0 Å². The first-order chi connectivity index (χ1) is 10.9. The normalized spacial score (nSPS) is 18.5. The lowest BCUT2D eigenvalue weighted by Gasteiger charge is -2.29. The molecule has 2 aliphatic heterocycles. The van der Waals surface area contributed by atoms with Crippen molar-refractivity contribution in [2.75, 3.05) is 31.2 Å². The Kier molecular flexibility index (Phi) is 3.83. The van der Waals surface area contributed by atoms with E-state index in [0.29, 0.717) is 0 Å². The second-order valence-electron chi connectivity index (χ2n) is 6.18. The van der Waals surface area contributed by atoms with E-state index in [4.69, 9.17) is 4.74 Å². The molecule has 1 saturated heterocycles. The lowest BCUT2D eigenvalue weighted by molar-refractivity contribution is 0.122. The van der Waals surface area contributed by atoms with Crippen LogP contribution in [0.5, 0.6) is 0 Å². The first-order valence-electron chi connectivity index (χ1n) is 8.09. The minimum atomic E-state index is 0.844. The molecule has 4 rings (SSSR count). The summed E-state index contributed by atoms with van der Waals surface area (Å²) in [6, 6.07) is 17.7. The van der Waals surface area contributed by atoms with Crippen molar-refractivity contribution in [1.82, 2.24) is 4.90 Å². The van der Waals surface area contributed by atoms with E-state index in [1.807, 2.05) is 0 Å². The Morgan fingerprint density at radius 3 is 2.45 bits per heavy atom. The Bertz CT molecular complexity index is 635. The quantitative estimate of drug-likeness (QED) is 0.865. The minimum absolute atomic E-state index is 0.844. The first-order valence-corrected chi connectivity index (χ1v) is 8.09. The van der Waals surface area contributed by atoms with Gasteiger partial charge < -0.3 is 9.64 Å². The molecule has 2 heterocycles. The van der Waals surface area contributed by atoms with Crippen molar-refractivity contribution in [3.05, 3.63) is 65.2 Å². The third-order valence-electron chi connectivity index (χ3n) is 4.60. The summed E-state index contributed by atoms with van der Waals surface area (Å²) in [5.41, 5.74) is 5.71. The average Bonchev–Trinajstić information content (AvgIpc) is 2.98. The van der Waals surface area contributed by atoms with Gasteiger partial charge in [0.05, 0.1) is 13.2 Å². The average molecular weight is 294 g/mol. The van der Waals surface area contributed by atoms with Gasteiger partial charge >= 0.3 is 0 Å². The van der Waals surface area contributed by atoms with Gasteiger partial charge in [-0.1, -0.05) is 36.4 Å². The number of hydrogen-bond donors (Lipinski definition) is 0. The molecule has 0 N–H and O–H groups in total. The van der Waals surface area contributed by atoms with Crippen LogP contribution < -0.4 is 4.90 Å². The van der Waals surface area contributed by atoms with Crippen LogP contribution >= 0.6 is 0 Å². The van der Waals surface area contributed by atoms with Crippen LogP contribution in [0.3, 0.4) is 0 Å². The molecule has 22 heavy (non-hydrogen) atoms. The number of rotatable bonds is 3. The van der Waals surface area contributed by atoms with Crippen LogP contribution in [-0.4, -0.2) is 31.2 Å². The van der Waals surface area contributed by atoms with Gasteiger partial charge in [-0.3, -0.25) is 4.90 Å². The van der Waals surface area contributed by atoms with Crippen LogP contribution in [0.2, 0.25) is 0 Å². The Balaban J connectivity index is 1.47. The van der Waals surface area contributed by atoms with Gasteiger partial charge in [0.1, 0.15) is 0 Å². The zero-order valence-electron chi connectivity index (χ0n) is 12.9. The Labute approximate surface area is 132 Å². The van der Waals surface area contributed by atoms with E-state index in [1.54, 1.807) is 0 Å². The van der Waals surface area contributed by atoms with Gasteiger partial charge in [0, 0.05) is 38.4 Å². The summed E-state index contributed by atoms with van der Waals surface area (Å²) in [5, 5.41) is 0. The van der Waals surface area contributed by atoms with Crippen molar-refractivity contribution in [2.24, 2.45) is 0 Å². The Hall–Kier alpha value is -1.84. The summed E-state index contributed by atoms with van der Waals surface area (Å²) in [6.07, 6.45) is 0.